The first-order valence-corrected chi connectivity index (χ1v) is 12.4. The number of para-hydroxylation sites is 1. The number of ether oxygens (including phenoxy) is 2. The molecule has 0 saturated heterocycles. The molecule has 2 atom stereocenters. The zero-order valence-corrected chi connectivity index (χ0v) is 20.1. The minimum atomic E-state index is -0.363. The van der Waals surface area contributed by atoms with Crippen LogP contribution in [0.2, 0.25) is 5.02 Å². The lowest BCUT2D eigenvalue weighted by molar-refractivity contribution is 0.223. The number of halogens is 1. The van der Waals surface area contributed by atoms with E-state index in [4.69, 9.17) is 31.2 Å². The topological polar surface area (TPSA) is 61.2 Å². The number of fused-ring (bicyclic) bond motifs is 3. The van der Waals surface area contributed by atoms with Crippen molar-refractivity contribution in [3.8, 4) is 11.5 Å². The number of nitrogens with zero attached hydrogens (tertiary/aromatic N) is 3. The minimum absolute atomic E-state index is 0.233. The van der Waals surface area contributed by atoms with Crippen molar-refractivity contribution in [2.45, 2.75) is 17.3 Å². The largest absolute Gasteiger partial charge is 0.497 e. The SMILES string of the molecule is COc1ccc(C2C3=C(Nc4nc(SC)nn42)c2ccccc2OC3c2cccc(Cl)c2)cc1. The van der Waals surface area contributed by atoms with Crippen molar-refractivity contribution >= 4 is 35.0 Å². The van der Waals surface area contributed by atoms with E-state index in [-0.39, 0.29) is 12.1 Å². The summed E-state index contributed by atoms with van der Waals surface area (Å²) in [5.74, 6) is 2.31. The Morgan fingerprint density at radius 1 is 1.03 bits per heavy atom. The van der Waals surface area contributed by atoms with Gasteiger partial charge >= 0.3 is 0 Å². The monoisotopic (exact) mass is 488 g/mol. The summed E-state index contributed by atoms with van der Waals surface area (Å²) in [5.41, 5.74) is 5.07. The van der Waals surface area contributed by atoms with Crippen molar-refractivity contribution in [2.24, 2.45) is 0 Å². The van der Waals surface area contributed by atoms with Crippen LogP contribution in [0, 0.1) is 0 Å². The molecule has 0 spiro atoms. The standard InChI is InChI=1S/C26H21ClN4O2S/c1-32-18-12-10-15(11-13-18)23-21-22(28-25-29-26(34-2)30-31(23)25)19-8-3-4-9-20(19)33-24(21)16-6-5-7-17(27)14-16/h3-14,23-24H,1-2H3,(H,28,29,30). The molecule has 0 radical (unpaired) electrons. The van der Waals surface area contributed by atoms with Crippen LogP contribution >= 0.6 is 23.4 Å². The van der Waals surface area contributed by atoms with Gasteiger partial charge in [-0.3, -0.25) is 0 Å². The summed E-state index contributed by atoms with van der Waals surface area (Å²) in [6, 6.07) is 23.7. The Hall–Kier alpha value is -3.42. The second-order valence-electron chi connectivity index (χ2n) is 8.05. The summed E-state index contributed by atoms with van der Waals surface area (Å²) in [7, 11) is 1.67. The average molecular weight is 489 g/mol. The summed E-state index contributed by atoms with van der Waals surface area (Å²) in [6.45, 7) is 0. The predicted octanol–water partition coefficient (Wildman–Crippen LogP) is 6.22. The Morgan fingerprint density at radius 2 is 1.85 bits per heavy atom. The lowest BCUT2D eigenvalue weighted by Gasteiger charge is -2.39. The molecule has 0 aliphatic carbocycles. The van der Waals surface area contributed by atoms with Crippen molar-refractivity contribution in [1.82, 2.24) is 14.8 Å². The van der Waals surface area contributed by atoms with Crippen molar-refractivity contribution in [3.63, 3.8) is 0 Å². The molecule has 2 aliphatic heterocycles. The summed E-state index contributed by atoms with van der Waals surface area (Å²) >= 11 is 7.91. The molecular formula is C26H21ClN4O2S. The molecule has 2 aliphatic rings. The van der Waals surface area contributed by atoms with Gasteiger partial charge in [0.05, 0.1) is 12.8 Å². The Morgan fingerprint density at radius 3 is 2.62 bits per heavy atom. The highest BCUT2D eigenvalue weighted by Crippen LogP contribution is 2.51. The highest BCUT2D eigenvalue weighted by molar-refractivity contribution is 7.98. The normalized spacial score (nSPS) is 18.3. The Kier molecular flexibility index (Phi) is 5.23. The molecular weight excluding hydrogens is 468 g/mol. The van der Waals surface area contributed by atoms with E-state index in [1.165, 1.54) is 11.8 Å². The van der Waals surface area contributed by atoms with E-state index in [1.54, 1.807) is 7.11 Å². The third-order valence-electron chi connectivity index (χ3n) is 6.13. The number of aromatic nitrogens is 3. The molecule has 0 fully saturated rings. The molecule has 1 aromatic heterocycles. The zero-order valence-electron chi connectivity index (χ0n) is 18.5. The lowest BCUT2D eigenvalue weighted by Crippen LogP contribution is -2.32. The minimum Gasteiger partial charge on any atom is -0.497 e. The molecule has 34 heavy (non-hydrogen) atoms. The van der Waals surface area contributed by atoms with Crippen LogP contribution < -0.4 is 14.8 Å². The van der Waals surface area contributed by atoms with Crippen molar-refractivity contribution < 1.29 is 9.47 Å². The summed E-state index contributed by atoms with van der Waals surface area (Å²) in [5, 5.41) is 9.75. The fourth-order valence-corrected chi connectivity index (χ4v) is 5.14. The number of nitrogens with one attached hydrogen (secondary N) is 1. The molecule has 1 N–H and O–H groups in total. The first-order valence-electron chi connectivity index (χ1n) is 10.8. The third-order valence-corrected chi connectivity index (χ3v) is 6.90. The van der Waals surface area contributed by atoms with Gasteiger partial charge in [0.25, 0.3) is 0 Å². The van der Waals surface area contributed by atoms with Crippen LogP contribution in [0.15, 0.2) is 83.5 Å². The molecule has 8 heteroatoms. The molecule has 0 saturated carbocycles. The van der Waals surface area contributed by atoms with Gasteiger partial charge in [-0.1, -0.05) is 59.8 Å². The summed E-state index contributed by atoms with van der Waals surface area (Å²) in [6.07, 6.45) is 1.61. The first-order chi connectivity index (χ1) is 16.7. The van der Waals surface area contributed by atoms with Crippen LogP contribution in [-0.2, 0) is 0 Å². The molecule has 2 unspecified atom stereocenters. The van der Waals surface area contributed by atoms with Gasteiger partial charge in [-0.05, 0) is 53.8 Å². The quantitative estimate of drug-likeness (QED) is 0.344. The number of anilines is 1. The van der Waals surface area contributed by atoms with Gasteiger partial charge < -0.3 is 14.8 Å². The maximum Gasteiger partial charge on any atom is 0.227 e. The molecule has 6 nitrogen and oxygen atoms in total. The maximum atomic E-state index is 6.64. The predicted molar refractivity (Wildman–Crippen MR) is 135 cm³/mol. The zero-order chi connectivity index (χ0) is 23.2. The van der Waals surface area contributed by atoms with Crippen LogP contribution in [0.25, 0.3) is 5.70 Å². The van der Waals surface area contributed by atoms with Crippen LogP contribution in [0.4, 0.5) is 5.95 Å². The average Bonchev–Trinajstić information content (AvgIpc) is 3.30. The smallest absolute Gasteiger partial charge is 0.227 e. The molecule has 0 amide bonds. The second kappa shape index (κ2) is 8.42. The van der Waals surface area contributed by atoms with Crippen LogP contribution in [0.5, 0.6) is 11.5 Å². The highest BCUT2D eigenvalue weighted by atomic mass is 35.5. The van der Waals surface area contributed by atoms with Crippen LogP contribution in [0.1, 0.15) is 28.8 Å². The maximum absolute atomic E-state index is 6.64. The fourth-order valence-electron chi connectivity index (χ4n) is 4.60. The molecule has 0 bridgehead atoms. The van der Waals surface area contributed by atoms with E-state index in [2.05, 4.69) is 23.5 Å². The van der Waals surface area contributed by atoms with Crippen molar-refractivity contribution in [1.29, 1.82) is 0 Å². The third kappa shape index (κ3) is 3.43. The van der Waals surface area contributed by atoms with Gasteiger partial charge in [0.2, 0.25) is 11.1 Å². The van der Waals surface area contributed by atoms with Crippen LogP contribution in [0.3, 0.4) is 0 Å². The Bertz CT molecular complexity index is 1420. The number of benzene rings is 3. The highest BCUT2D eigenvalue weighted by Gasteiger charge is 2.41. The summed E-state index contributed by atoms with van der Waals surface area (Å²) < 4.78 is 14.0. The Labute approximate surface area is 206 Å². The van der Waals surface area contributed by atoms with Crippen molar-refractivity contribution in [3.05, 3.63) is 100 Å². The van der Waals surface area contributed by atoms with E-state index in [0.29, 0.717) is 16.1 Å². The second-order valence-corrected chi connectivity index (χ2v) is 9.26. The van der Waals surface area contributed by atoms with E-state index in [9.17, 15) is 0 Å². The number of hydrogen-bond acceptors (Lipinski definition) is 6. The van der Waals surface area contributed by atoms with Gasteiger partial charge in [0.1, 0.15) is 23.6 Å². The molecule has 170 valence electrons. The Balaban J connectivity index is 1.62. The van der Waals surface area contributed by atoms with E-state index in [0.717, 1.165) is 39.5 Å². The first kappa shape index (κ1) is 21.1. The molecule has 3 aromatic carbocycles. The lowest BCUT2D eigenvalue weighted by atomic mass is 9.84. The van der Waals surface area contributed by atoms with E-state index in [1.807, 2.05) is 65.5 Å². The fraction of sp³-hybridized carbons (Fsp3) is 0.154. The number of hydrogen-bond donors (Lipinski definition) is 1. The van der Waals surface area contributed by atoms with Gasteiger partial charge in [-0.2, -0.15) is 4.98 Å². The molecule has 4 aromatic rings. The van der Waals surface area contributed by atoms with Gasteiger partial charge in [-0.15, -0.1) is 5.10 Å². The van der Waals surface area contributed by atoms with Crippen LogP contribution in [-0.4, -0.2) is 28.1 Å². The van der Waals surface area contributed by atoms with Crippen molar-refractivity contribution in [2.75, 3.05) is 18.7 Å². The van der Waals surface area contributed by atoms with E-state index < -0.39 is 0 Å². The van der Waals surface area contributed by atoms with E-state index >= 15 is 0 Å². The summed E-state index contributed by atoms with van der Waals surface area (Å²) in [4.78, 5) is 4.74. The van der Waals surface area contributed by atoms with Gasteiger partial charge in [0, 0.05) is 16.2 Å². The number of rotatable bonds is 4. The van der Waals surface area contributed by atoms with Gasteiger partial charge in [-0.25, -0.2) is 4.68 Å². The van der Waals surface area contributed by atoms with Gasteiger partial charge in [0.15, 0.2) is 0 Å². The molecule has 3 heterocycles. The number of thioether (sulfide) groups is 1. The number of methoxy groups -OCH3 is 1. The molecule has 6 rings (SSSR count).